The Balaban J connectivity index is 1.65. The Kier molecular flexibility index (Phi) is 5.01. The van der Waals surface area contributed by atoms with Gasteiger partial charge in [0.15, 0.2) is 11.9 Å². The molecule has 3 rings (SSSR count). The van der Waals surface area contributed by atoms with Gasteiger partial charge in [-0.3, -0.25) is 9.59 Å². The fourth-order valence-corrected chi connectivity index (χ4v) is 3.60. The second kappa shape index (κ2) is 7.00. The van der Waals surface area contributed by atoms with Gasteiger partial charge >= 0.3 is 5.97 Å². The summed E-state index contributed by atoms with van der Waals surface area (Å²) >= 11 is 3.45. The Bertz CT molecular complexity index is 590. The number of aromatic nitrogens is 2. The summed E-state index contributed by atoms with van der Waals surface area (Å²) in [4.78, 5) is 25.9. The van der Waals surface area contributed by atoms with E-state index in [-0.39, 0.29) is 24.0 Å². The zero-order valence-electron chi connectivity index (χ0n) is 13.0. The van der Waals surface area contributed by atoms with E-state index in [0.717, 1.165) is 24.1 Å². The first-order valence-electron chi connectivity index (χ1n) is 7.84. The van der Waals surface area contributed by atoms with Gasteiger partial charge in [0.05, 0.1) is 13.0 Å². The molecule has 2 aliphatic heterocycles. The highest BCUT2D eigenvalue weighted by atomic mass is 79.9. The van der Waals surface area contributed by atoms with Crippen LogP contribution in [0.5, 0.6) is 0 Å². The minimum atomic E-state index is -0.192. The second-order valence-corrected chi connectivity index (χ2v) is 6.67. The van der Waals surface area contributed by atoms with Crippen molar-refractivity contribution >= 4 is 27.8 Å². The van der Waals surface area contributed by atoms with Crippen molar-refractivity contribution in [3.8, 4) is 0 Å². The van der Waals surface area contributed by atoms with Gasteiger partial charge in [-0.15, -0.1) is 0 Å². The molecule has 23 heavy (non-hydrogen) atoms. The number of piperidine rings is 1. The quantitative estimate of drug-likeness (QED) is 0.743. The van der Waals surface area contributed by atoms with Crippen LogP contribution in [0.25, 0.3) is 0 Å². The first kappa shape index (κ1) is 16.4. The number of carbonyl (C=O) groups is 2. The molecule has 0 aromatic carbocycles. The zero-order valence-corrected chi connectivity index (χ0v) is 14.6. The molecule has 2 fully saturated rings. The predicted octanol–water partition coefficient (Wildman–Crippen LogP) is 1.98. The molecule has 0 bridgehead atoms. The van der Waals surface area contributed by atoms with E-state index in [4.69, 9.17) is 9.47 Å². The fourth-order valence-electron chi connectivity index (χ4n) is 3.08. The van der Waals surface area contributed by atoms with Crippen molar-refractivity contribution in [2.24, 2.45) is 5.92 Å². The highest BCUT2D eigenvalue weighted by Crippen LogP contribution is 2.27. The van der Waals surface area contributed by atoms with Crippen molar-refractivity contribution in [3.05, 3.63) is 16.4 Å². The maximum Gasteiger partial charge on any atom is 0.308 e. The van der Waals surface area contributed by atoms with E-state index >= 15 is 0 Å². The lowest BCUT2D eigenvalue weighted by atomic mass is 9.97. The predicted molar refractivity (Wildman–Crippen MR) is 84.8 cm³/mol. The Morgan fingerprint density at radius 2 is 2.09 bits per heavy atom. The topological polar surface area (TPSA) is 73.7 Å². The van der Waals surface area contributed by atoms with E-state index in [1.165, 1.54) is 7.11 Å². The molecule has 1 atom stereocenters. The van der Waals surface area contributed by atoms with Crippen LogP contribution < -0.4 is 0 Å². The third kappa shape index (κ3) is 3.42. The highest BCUT2D eigenvalue weighted by molar-refractivity contribution is 9.10. The van der Waals surface area contributed by atoms with Gasteiger partial charge < -0.3 is 14.4 Å². The van der Waals surface area contributed by atoms with Gasteiger partial charge in [-0.1, -0.05) is 0 Å². The number of amides is 1. The van der Waals surface area contributed by atoms with Crippen LogP contribution in [0.15, 0.2) is 10.7 Å². The monoisotopic (exact) mass is 385 g/mol. The molecule has 0 spiro atoms. The molecule has 1 unspecified atom stereocenters. The van der Waals surface area contributed by atoms with E-state index in [1.807, 2.05) is 0 Å². The number of hydrogen-bond acceptors (Lipinski definition) is 5. The van der Waals surface area contributed by atoms with Crippen molar-refractivity contribution in [1.29, 1.82) is 0 Å². The van der Waals surface area contributed by atoms with E-state index in [0.29, 0.717) is 31.6 Å². The molecule has 8 heteroatoms. The molecule has 1 aromatic heterocycles. The van der Waals surface area contributed by atoms with Crippen LogP contribution in [0.3, 0.4) is 0 Å². The molecular formula is C15H20BrN3O4. The summed E-state index contributed by atoms with van der Waals surface area (Å²) in [5, 5.41) is 4.40. The number of methoxy groups -OCH3 is 1. The third-order valence-electron chi connectivity index (χ3n) is 4.40. The van der Waals surface area contributed by atoms with Gasteiger partial charge in [0, 0.05) is 25.8 Å². The summed E-state index contributed by atoms with van der Waals surface area (Å²) in [6.07, 6.45) is 3.06. The third-order valence-corrected chi connectivity index (χ3v) is 5.00. The average molecular weight is 386 g/mol. The van der Waals surface area contributed by atoms with Gasteiger partial charge in [-0.05, 0) is 41.6 Å². The van der Waals surface area contributed by atoms with Gasteiger partial charge in [0.25, 0.3) is 5.91 Å². The highest BCUT2D eigenvalue weighted by Gasteiger charge is 2.30. The lowest BCUT2D eigenvalue weighted by Crippen LogP contribution is -2.40. The molecule has 0 radical (unpaired) electrons. The maximum absolute atomic E-state index is 12.6. The first-order chi connectivity index (χ1) is 11.1. The number of carbonyl (C=O) groups excluding carboxylic acids is 2. The molecule has 0 N–H and O–H groups in total. The molecule has 2 saturated heterocycles. The smallest absolute Gasteiger partial charge is 0.308 e. The van der Waals surface area contributed by atoms with Crippen LogP contribution in [0, 0.1) is 5.92 Å². The lowest BCUT2D eigenvalue weighted by molar-refractivity contribution is -0.146. The number of ether oxygens (including phenoxy) is 2. The Hall–Kier alpha value is -1.41. The lowest BCUT2D eigenvalue weighted by Gasteiger charge is -2.30. The molecule has 1 aromatic rings. The molecule has 0 saturated carbocycles. The number of hydrogen-bond donors (Lipinski definition) is 0. The molecule has 1 amide bonds. The average Bonchev–Trinajstić information content (AvgIpc) is 3.23. The van der Waals surface area contributed by atoms with Gasteiger partial charge in [0.1, 0.15) is 4.60 Å². The number of halogens is 1. The van der Waals surface area contributed by atoms with E-state index in [9.17, 15) is 9.59 Å². The molecular weight excluding hydrogens is 366 g/mol. The van der Waals surface area contributed by atoms with Crippen LogP contribution in [0.2, 0.25) is 0 Å². The van der Waals surface area contributed by atoms with Crippen LogP contribution >= 0.6 is 15.9 Å². The van der Waals surface area contributed by atoms with Crippen molar-refractivity contribution in [2.75, 3.05) is 26.8 Å². The van der Waals surface area contributed by atoms with Gasteiger partial charge in [-0.2, -0.15) is 5.10 Å². The maximum atomic E-state index is 12.6. The van der Waals surface area contributed by atoms with Crippen molar-refractivity contribution < 1.29 is 19.1 Å². The summed E-state index contributed by atoms with van der Waals surface area (Å²) in [6.45, 7) is 1.81. The number of rotatable bonds is 3. The van der Waals surface area contributed by atoms with Crippen LogP contribution in [0.1, 0.15) is 42.4 Å². The summed E-state index contributed by atoms with van der Waals surface area (Å²) in [7, 11) is 1.40. The summed E-state index contributed by atoms with van der Waals surface area (Å²) in [6, 6.07) is 1.73. The van der Waals surface area contributed by atoms with Crippen LogP contribution in [-0.2, 0) is 14.3 Å². The minimum absolute atomic E-state index is 0.101. The van der Waals surface area contributed by atoms with E-state index in [1.54, 1.807) is 15.6 Å². The van der Waals surface area contributed by atoms with Gasteiger partial charge in [-0.25, -0.2) is 4.68 Å². The second-order valence-electron chi connectivity index (χ2n) is 5.85. The van der Waals surface area contributed by atoms with Crippen molar-refractivity contribution in [1.82, 2.24) is 14.7 Å². The SMILES string of the molecule is COC(=O)C1CCN(C(=O)c2cc(Br)n(C3CCCO3)n2)CC1. The number of nitrogens with zero attached hydrogens (tertiary/aromatic N) is 3. The zero-order chi connectivity index (χ0) is 16.4. The molecule has 2 aliphatic rings. The van der Waals surface area contributed by atoms with Crippen molar-refractivity contribution in [3.63, 3.8) is 0 Å². The minimum Gasteiger partial charge on any atom is -0.469 e. The fraction of sp³-hybridized carbons (Fsp3) is 0.667. The van der Waals surface area contributed by atoms with Crippen LogP contribution in [-0.4, -0.2) is 53.4 Å². The molecule has 0 aliphatic carbocycles. The Morgan fingerprint density at radius 1 is 1.35 bits per heavy atom. The van der Waals surface area contributed by atoms with E-state index in [2.05, 4.69) is 21.0 Å². The van der Waals surface area contributed by atoms with E-state index < -0.39 is 0 Å². The van der Waals surface area contributed by atoms with Gasteiger partial charge in [0.2, 0.25) is 0 Å². The molecule has 126 valence electrons. The number of likely N-dealkylation sites (tertiary alicyclic amines) is 1. The Labute approximate surface area is 143 Å². The number of esters is 1. The normalized spacial score (nSPS) is 22.3. The summed E-state index contributed by atoms with van der Waals surface area (Å²) in [5.41, 5.74) is 0.406. The molecule has 7 nitrogen and oxygen atoms in total. The molecule has 3 heterocycles. The van der Waals surface area contributed by atoms with Crippen LogP contribution in [0.4, 0.5) is 0 Å². The first-order valence-corrected chi connectivity index (χ1v) is 8.63. The largest absolute Gasteiger partial charge is 0.469 e. The Morgan fingerprint density at radius 3 is 2.70 bits per heavy atom. The summed E-state index contributed by atoms with van der Waals surface area (Å²) < 4.78 is 12.8. The standard InChI is InChI=1S/C15H20BrN3O4/c1-22-15(21)10-4-6-18(7-5-10)14(20)11-9-12(16)19(17-11)13-3-2-8-23-13/h9-10,13H,2-8H2,1H3. The summed E-state index contributed by atoms with van der Waals surface area (Å²) in [5.74, 6) is -0.409. The van der Waals surface area contributed by atoms with Crippen molar-refractivity contribution in [2.45, 2.75) is 31.9 Å².